The molecule has 0 amide bonds. The lowest BCUT2D eigenvalue weighted by Gasteiger charge is -2.25. The molecule has 0 aliphatic heterocycles. The van der Waals surface area contributed by atoms with E-state index in [0.717, 1.165) is 5.56 Å². The summed E-state index contributed by atoms with van der Waals surface area (Å²) in [6.07, 6.45) is -3.60. The van der Waals surface area contributed by atoms with Crippen LogP contribution in [0.15, 0.2) is 18.2 Å². The molecule has 108 valence electrons. The van der Waals surface area contributed by atoms with Gasteiger partial charge in [-0.1, -0.05) is 17.7 Å². The highest BCUT2D eigenvalue weighted by Gasteiger charge is 2.30. The fourth-order valence-corrected chi connectivity index (χ4v) is 2.21. The van der Waals surface area contributed by atoms with Gasteiger partial charge in [0.1, 0.15) is 6.54 Å². The minimum atomic E-state index is -4.25. The maximum Gasteiger partial charge on any atom is 0.405 e. The number of hydrogen-bond donors (Lipinski definition) is 1. The molecule has 0 radical (unpaired) electrons. The Kier molecular flexibility index (Phi) is 5.50. The summed E-state index contributed by atoms with van der Waals surface area (Å²) in [5.74, 6) is 0. The van der Waals surface area contributed by atoms with Crippen LogP contribution in [0.25, 0.3) is 0 Å². The number of halogens is 4. The van der Waals surface area contributed by atoms with Gasteiger partial charge in [0.05, 0.1) is 10.7 Å². The summed E-state index contributed by atoms with van der Waals surface area (Å²) in [4.78, 5) is 1.21. The van der Waals surface area contributed by atoms with Gasteiger partial charge < -0.3 is 10.6 Å². The third kappa shape index (κ3) is 5.28. The quantitative estimate of drug-likeness (QED) is 0.899. The molecule has 0 bridgehead atoms. The molecule has 0 saturated carbocycles. The number of hydrogen-bond acceptors (Lipinski definition) is 2. The molecule has 2 nitrogen and oxygen atoms in total. The van der Waals surface area contributed by atoms with E-state index >= 15 is 0 Å². The second kappa shape index (κ2) is 6.48. The third-order valence-electron chi connectivity index (χ3n) is 2.66. The first-order chi connectivity index (χ1) is 8.73. The molecular weight excluding hydrogens is 277 g/mol. The number of rotatable bonds is 5. The second-order valence-corrected chi connectivity index (χ2v) is 5.00. The van der Waals surface area contributed by atoms with E-state index in [0.29, 0.717) is 17.1 Å². The molecule has 0 aromatic heterocycles. The summed E-state index contributed by atoms with van der Waals surface area (Å²) in [5, 5.41) is 0.323. The molecule has 1 atom stereocenters. The van der Waals surface area contributed by atoms with Crippen molar-refractivity contribution in [2.45, 2.75) is 32.5 Å². The number of nitrogens with zero attached hydrogens (tertiary/aromatic N) is 1. The van der Waals surface area contributed by atoms with E-state index < -0.39 is 12.7 Å². The Morgan fingerprint density at radius 3 is 2.42 bits per heavy atom. The van der Waals surface area contributed by atoms with Crippen LogP contribution >= 0.6 is 11.6 Å². The van der Waals surface area contributed by atoms with E-state index in [4.69, 9.17) is 17.3 Å². The van der Waals surface area contributed by atoms with Crippen LogP contribution in [0.3, 0.4) is 0 Å². The van der Waals surface area contributed by atoms with Crippen LogP contribution in [0, 0.1) is 0 Å². The Labute approximate surface area is 116 Å². The lowest BCUT2D eigenvalue weighted by molar-refractivity contribution is -0.119. The molecule has 1 aromatic rings. The number of nitrogens with two attached hydrogens (primary N) is 1. The summed E-state index contributed by atoms with van der Waals surface area (Å²) in [5.41, 5.74) is 7.00. The highest BCUT2D eigenvalue weighted by atomic mass is 35.5. The standard InChI is InChI=1S/C13H18ClF3N2/c1-3-19(8-13(15,16)17)12-5-4-10(6-9(2)18)7-11(12)14/h4-5,7,9H,3,6,8,18H2,1-2H3. The number of anilines is 1. The predicted molar refractivity (Wildman–Crippen MR) is 72.7 cm³/mol. The summed E-state index contributed by atoms with van der Waals surface area (Å²) in [7, 11) is 0. The highest BCUT2D eigenvalue weighted by Crippen LogP contribution is 2.29. The van der Waals surface area contributed by atoms with Crippen LogP contribution < -0.4 is 10.6 Å². The van der Waals surface area contributed by atoms with E-state index in [2.05, 4.69) is 0 Å². The average Bonchev–Trinajstić information content (AvgIpc) is 2.24. The normalized spacial score (nSPS) is 13.4. The number of alkyl halides is 3. The first-order valence-corrected chi connectivity index (χ1v) is 6.46. The Morgan fingerprint density at radius 1 is 1.37 bits per heavy atom. The van der Waals surface area contributed by atoms with Gasteiger partial charge in [-0.3, -0.25) is 0 Å². The number of benzene rings is 1. The Morgan fingerprint density at radius 2 is 2.00 bits per heavy atom. The largest absolute Gasteiger partial charge is 0.405 e. The maximum atomic E-state index is 12.5. The zero-order valence-electron chi connectivity index (χ0n) is 11.0. The molecule has 19 heavy (non-hydrogen) atoms. The van der Waals surface area contributed by atoms with Gasteiger partial charge in [0.2, 0.25) is 0 Å². The molecule has 0 fully saturated rings. The summed E-state index contributed by atoms with van der Waals surface area (Å²) < 4.78 is 37.4. The molecule has 2 N–H and O–H groups in total. The topological polar surface area (TPSA) is 29.3 Å². The average molecular weight is 295 g/mol. The van der Waals surface area contributed by atoms with Gasteiger partial charge in [-0.25, -0.2) is 0 Å². The van der Waals surface area contributed by atoms with Gasteiger partial charge in [0, 0.05) is 12.6 Å². The molecule has 1 unspecified atom stereocenters. The van der Waals surface area contributed by atoms with Crippen molar-refractivity contribution in [2.24, 2.45) is 5.73 Å². The minimum absolute atomic E-state index is 0.0145. The van der Waals surface area contributed by atoms with Crippen molar-refractivity contribution in [1.29, 1.82) is 0 Å². The second-order valence-electron chi connectivity index (χ2n) is 4.60. The summed E-state index contributed by atoms with van der Waals surface area (Å²) >= 11 is 6.07. The maximum absolute atomic E-state index is 12.5. The molecule has 0 spiro atoms. The molecule has 6 heteroatoms. The van der Waals surface area contributed by atoms with Crippen molar-refractivity contribution in [3.8, 4) is 0 Å². The minimum Gasteiger partial charge on any atom is -0.362 e. The SMILES string of the molecule is CCN(CC(F)(F)F)c1ccc(CC(C)N)cc1Cl. The van der Waals surface area contributed by atoms with E-state index in [1.54, 1.807) is 25.1 Å². The zero-order valence-corrected chi connectivity index (χ0v) is 11.7. The van der Waals surface area contributed by atoms with Crippen LogP contribution in [0.1, 0.15) is 19.4 Å². The lowest BCUT2D eigenvalue weighted by Crippen LogP contribution is -2.34. The first-order valence-electron chi connectivity index (χ1n) is 6.08. The van der Waals surface area contributed by atoms with E-state index in [-0.39, 0.29) is 12.6 Å². The molecule has 0 aliphatic carbocycles. The van der Waals surface area contributed by atoms with Crippen LogP contribution in [0.4, 0.5) is 18.9 Å². The Hall–Kier alpha value is -0.940. The zero-order chi connectivity index (χ0) is 14.6. The molecule has 0 heterocycles. The van der Waals surface area contributed by atoms with Gasteiger partial charge >= 0.3 is 6.18 Å². The van der Waals surface area contributed by atoms with Crippen LogP contribution in [-0.2, 0) is 6.42 Å². The predicted octanol–water partition coefficient (Wildman–Crippen LogP) is 3.62. The fourth-order valence-electron chi connectivity index (χ4n) is 1.89. The van der Waals surface area contributed by atoms with Crippen LogP contribution in [0.2, 0.25) is 5.02 Å². The van der Waals surface area contributed by atoms with Gasteiger partial charge in [-0.15, -0.1) is 0 Å². The van der Waals surface area contributed by atoms with Crippen LogP contribution in [0.5, 0.6) is 0 Å². The van der Waals surface area contributed by atoms with Crippen molar-refractivity contribution >= 4 is 17.3 Å². The highest BCUT2D eigenvalue weighted by molar-refractivity contribution is 6.33. The molecular formula is C13H18ClF3N2. The van der Waals surface area contributed by atoms with Crippen LogP contribution in [-0.4, -0.2) is 25.3 Å². The summed E-state index contributed by atoms with van der Waals surface area (Å²) in [6, 6.07) is 5.05. The van der Waals surface area contributed by atoms with Crippen molar-refractivity contribution in [3.05, 3.63) is 28.8 Å². The monoisotopic (exact) mass is 294 g/mol. The Bertz CT molecular complexity index is 419. The molecule has 0 saturated heterocycles. The lowest BCUT2D eigenvalue weighted by atomic mass is 10.1. The van der Waals surface area contributed by atoms with Gasteiger partial charge in [-0.05, 0) is 38.0 Å². The van der Waals surface area contributed by atoms with Crippen molar-refractivity contribution in [2.75, 3.05) is 18.0 Å². The third-order valence-corrected chi connectivity index (χ3v) is 2.97. The van der Waals surface area contributed by atoms with Crippen molar-refractivity contribution in [1.82, 2.24) is 0 Å². The van der Waals surface area contributed by atoms with Gasteiger partial charge in [-0.2, -0.15) is 13.2 Å². The van der Waals surface area contributed by atoms with E-state index in [1.165, 1.54) is 4.90 Å². The van der Waals surface area contributed by atoms with Crippen molar-refractivity contribution in [3.63, 3.8) is 0 Å². The first kappa shape index (κ1) is 16.1. The van der Waals surface area contributed by atoms with Gasteiger partial charge in [0.25, 0.3) is 0 Å². The smallest absolute Gasteiger partial charge is 0.362 e. The van der Waals surface area contributed by atoms with E-state index in [9.17, 15) is 13.2 Å². The van der Waals surface area contributed by atoms with E-state index in [1.807, 2.05) is 6.92 Å². The molecule has 1 aromatic carbocycles. The molecule has 0 aliphatic rings. The van der Waals surface area contributed by atoms with Crippen molar-refractivity contribution < 1.29 is 13.2 Å². The Balaban J connectivity index is 2.93. The van der Waals surface area contributed by atoms with Gasteiger partial charge in [0.15, 0.2) is 0 Å². The fraction of sp³-hybridized carbons (Fsp3) is 0.538. The molecule has 1 rings (SSSR count). The summed E-state index contributed by atoms with van der Waals surface area (Å²) in [6.45, 7) is 2.77.